The monoisotopic (exact) mass is 369 g/mol. The first-order valence-electron chi connectivity index (χ1n) is 8.63. The van der Waals surface area contributed by atoms with Gasteiger partial charge in [-0.05, 0) is 18.8 Å². The number of thiol groups is 1. The molecule has 2 N–H and O–H groups in total. The van der Waals surface area contributed by atoms with Crippen LogP contribution in [0, 0.1) is 5.41 Å². The van der Waals surface area contributed by atoms with Gasteiger partial charge in [0.2, 0.25) is 11.8 Å². The third kappa shape index (κ3) is 6.82. The Morgan fingerprint density at radius 2 is 2.12 bits per heavy atom. The molecule has 6 nitrogen and oxygen atoms in total. The molecule has 1 rings (SSSR count). The molecule has 0 aromatic rings. The Bertz CT molecular complexity index is 516. The van der Waals surface area contributed by atoms with Crippen molar-refractivity contribution in [3.63, 3.8) is 0 Å². The summed E-state index contributed by atoms with van der Waals surface area (Å²) in [5.41, 5.74) is 1.24. The van der Waals surface area contributed by atoms with E-state index in [0.29, 0.717) is 12.8 Å². The molecule has 1 unspecified atom stereocenters. The van der Waals surface area contributed by atoms with Crippen molar-refractivity contribution in [2.24, 2.45) is 10.4 Å². The topological polar surface area (TPSA) is 82.0 Å². The van der Waals surface area contributed by atoms with Crippen LogP contribution in [0.25, 0.3) is 0 Å². The number of aliphatic imine (C=N–C) groups is 1. The smallest absolute Gasteiger partial charge is 0.243 e. The summed E-state index contributed by atoms with van der Waals surface area (Å²) in [6.07, 6.45) is 2.28. The summed E-state index contributed by atoms with van der Waals surface area (Å²) in [6, 6.07) is -1.04. The van der Waals surface area contributed by atoms with Gasteiger partial charge in [0.25, 0.3) is 0 Å². The minimum absolute atomic E-state index is 0.104. The van der Waals surface area contributed by atoms with Crippen molar-refractivity contribution in [1.29, 1.82) is 0 Å². The van der Waals surface area contributed by atoms with Crippen LogP contribution in [0.15, 0.2) is 17.6 Å². The summed E-state index contributed by atoms with van der Waals surface area (Å²) in [7, 11) is 0. The van der Waals surface area contributed by atoms with E-state index in [4.69, 9.17) is 0 Å². The number of nitrogens with one attached hydrogen (secondary N) is 1. The van der Waals surface area contributed by atoms with Gasteiger partial charge >= 0.3 is 0 Å². The second-order valence-corrected chi connectivity index (χ2v) is 8.07. The molecule has 0 spiro atoms. The molecule has 25 heavy (non-hydrogen) atoms. The lowest BCUT2D eigenvalue weighted by Crippen LogP contribution is -2.50. The molecule has 0 aromatic carbocycles. The Labute approximate surface area is 156 Å². The van der Waals surface area contributed by atoms with E-state index < -0.39 is 12.1 Å². The number of rotatable bonds is 7. The highest BCUT2D eigenvalue weighted by Crippen LogP contribution is 2.25. The van der Waals surface area contributed by atoms with E-state index in [1.807, 2.05) is 27.7 Å². The fourth-order valence-corrected chi connectivity index (χ4v) is 3.13. The molecule has 2 amide bonds. The summed E-state index contributed by atoms with van der Waals surface area (Å²) in [5.74, 6) is -0.359. The molecule has 1 heterocycles. The Morgan fingerprint density at radius 1 is 1.48 bits per heavy atom. The van der Waals surface area contributed by atoms with Crippen LogP contribution in [-0.4, -0.2) is 58.1 Å². The van der Waals surface area contributed by atoms with Crippen LogP contribution < -0.4 is 5.32 Å². The molecular weight excluding hydrogens is 338 g/mol. The van der Waals surface area contributed by atoms with Crippen LogP contribution in [0.4, 0.5) is 0 Å². The standard InChI is InChI=1S/C18H31N3O3S/c1-6-7-14(19-11-25)12(2)20-17(24)15-8-13(22)10-21(15)16(23)9-18(3,4)5/h6,11-15,22H,1,7-10H2,2-5H3,(H,19,25)(H,20,24)/t12-,13-,14?,15+/m1/s1. The lowest BCUT2D eigenvalue weighted by Gasteiger charge is -2.29. The van der Waals surface area contributed by atoms with Gasteiger partial charge in [-0.2, -0.15) is 0 Å². The van der Waals surface area contributed by atoms with Crippen LogP contribution in [0.3, 0.4) is 0 Å². The van der Waals surface area contributed by atoms with Crippen molar-refractivity contribution in [2.45, 2.75) is 71.2 Å². The van der Waals surface area contributed by atoms with Crippen molar-refractivity contribution < 1.29 is 14.7 Å². The molecule has 7 heteroatoms. The van der Waals surface area contributed by atoms with E-state index >= 15 is 0 Å². The number of hydrogen-bond donors (Lipinski definition) is 3. The van der Waals surface area contributed by atoms with Gasteiger partial charge in [0.15, 0.2) is 0 Å². The minimum atomic E-state index is -0.672. The average molecular weight is 370 g/mol. The third-order valence-electron chi connectivity index (χ3n) is 4.20. The molecule has 1 fully saturated rings. The van der Waals surface area contributed by atoms with Crippen molar-refractivity contribution in [1.82, 2.24) is 10.2 Å². The van der Waals surface area contributed by atoms with Gasteiger partial charge in [0.05, 0.1) is 17.7 Å². The van der Waals surface area contributed by atoms with Crippen molar-refractivity contribution in [3.8, 4) is 0 Å². The number of likely N-dealkylation sites (tertiary alicyclic amines) is 1. The van der Waals surface area contributed by atoms with E-state index in [2.05, 4.69) is 29.5 Å². The maximum atomic E-state index is 12.7. The number of hydrogen-bond acceptors (Lipinski definition) is 4. The highest BCUT2D eigenvalue weighted by Gasteiger charge is 2.40. The van der Waals surface area contributed by atoms with Crippen LogP contribution >= 0.6 is 12.6 Å². The lowest BCUT2D eigenvalue weighted by molar-refractivity contribution is -0.140. The summed E-state index contributed by atoms with van der Waals surface area (Å²) >= 11 is 3.99. The molecule has 1 aliphatic heterocycles. The fourth-order valence-electron chi connectivity index (χ4n) is 2.96. The van der Waals surface area contributed by atoms with Crippen molar-refractivity contribution >= 4 is 30.0 Å². The van der Waals surface area contributed by atoms with Crippen molar-refractivity contribution in [3.05, 3.63) is 12.7 Å². The second kappa shape index (κ2) is 9.38. The highest BCUT2D eigenvalue weighted by atomic mass is 32.1. The zero-order chi connectivity index (χ0) is 19.2. The molecule has 0 bridgehead atoms. The van der Waals surface area contributed by atoms with Gasteiger partial charge in [0.1, 0.15) is 6.04 Å². The average Bonchev–Trinajstić information content (AvgIpc) is 2.87. The largest absolute Gasteiger partial charge is 0.391 e. The van der Waals surface area contributed by atoms with E-state index in [9.17, 15) is 14.7 Å². The number of amides is 2. The number of aliphatic hydroxyl groups excluding tert-OH is 1. The quantitative estimate of drug-likeness (QED) is 0.277. The minimum Gasteiger partial charge on any atom is -0.391 e. The van der Waals surface area contributed by atoms with E-state index in [1.165, 1.54) is 10.4 Å². The van der Waals surface area contributed by atoms with Crippen LogP contribution in [-0.2, 0) is 9.59 Å². The summed E-state index contributed by atoms with van der Waals surface area (Å²) in [5, 5.41) is 12.9. The first-order valence-corrected chi connectivity index (χ1v) is 9.15. The predicted octanol–water partition coefficient (Wildman–Crippen LogP) is 1.79. The van der Waals surface area contributed by atoms with Gasteiger partial charge in [-0.15, -0.1) is 19.2 Å². The number of carbonyl (C=O) groups excluding carboxylic acids is 2. The highest BCUT2D eigenvalue weighted by molar-refractivity contribution is 7.94. The Kier molecular flexibility index (Phi) is 8.15. The molecule has 0 saturated carbocycles. The fraction of sp³-hybridized carbons (Fsp3) is 0.722. The normalized spacial score (nSPS) is 23.5. The van der Waals surface area contributed by atoms with Crippen LogP contribution in [0.1, 0.15) is 47.0 Å². The molecule has 1 aliphatic rings. The second-order valence-electron chi connectivity index (χ2n) is 7.84. The van der Waals surface area contributed by atoms with Crippen LogP contribution in [0.2, 0.25) is 0 Å². The summed E-state index contributed by atoms with van der Waals surface area (Å²) < 4.78 is 0. The van der Waals surface area contributed by atoms with Gasteiger partial charge in [-0.25, -0.2) is 0 Å². The van der Waals surface area contributed by atoms with Gasteiger partial charge in [-0.3, -0.25) is 14.6 Å². The van der Waals surface area contributed by atoms with Gasteiger partial charge < -0.3 is 15.3 Å². The first kappa shape index (κ1) is 21.7. The summed E-state index contributed by atoms with van der Waals surface area (Å²) in [6.45, 7) is 11.7. The first-order chi connectivity index (χ1) is 11.6. The predicted molar refractivity (Wildman–Crippen MR) is 104 cm³/mol. The molecule has 0 aromatic heterocycles. The Balaban J connectivity index is 2.80. The van der Waals surface area contributed by atoms with Crippen molar-refractivity contribution in [2.75, 3.05) is 6.54 Å². The molecular formula is C18H31N3O3S. The SMILES string of the molecule is C=CCC(N=CS)[C@@H](C)NC(=O)[C@@H]1C[C@@H](O)CN1C(=O)CC(C)(C)C. The summed E-state index contributed by atoms with van der Waals surface area (Å²) in [4.78, 5) is 31.0. The zero-order valence-corrected chi connectivity index (χ0v) is 16.5. The molecule has 0 radical (unpaired) electrons. The molecule has 0 aliphatic carbocycles. The number of carbonyl (C=O) groups is 2. The van der Waals surface area contributed by atoms with E-state index in [-0.39, 0.29) is 42.3 Å². The molecule has 4 atom stereocenters. The molecule has 1 saturated heterocycles. The molecule has 142 valence electrons. The van der Waals surface area contributed by atoms with Crippen LogP contribution in [0.5, 0.6) is 0 Å². The zero-order valence-electron chi connectivity index (χ0n) is 15.6. The maximum Gasteiger partial charge on any atom is 0.243 e. The third-order valence-corrected chi connectivity index (χ3v) is 4.33. The number of β-amino-alcohol motifs (C(OH)–C–C–N with tert-alkyl or cyclic N) is 1. The Morgan fingerprint density at radius 3 is 2.64 bits per heavy atom. The van der Waals surface area contributed by atoms with E-state index in [0.717, 1.165) is 0 Å². The number of aliphatic hydroxyl groups is 1. The van der Waals surface area contributed by atoms with E-state index in [1.54, 1.807) is 6.08 Å². The van der Waals surface area contributed by atoms with Gasteiger partial charge in [-0.1, -0.05) is 26.8 Å². The lowest BCUT2D eigenvalue weighted by atomic mass is 9.91. The number of nitrogens with zero attached hydrogens (tertiary/aromatic N) is 2. The Hall–Kier alpha value is -1.34. The van der Waals surface area contributed by atoms with Gasteiger partial charge in [0, 0.05) is 25.4 Å². The maximum absolute atomic E-state index is 12.7.